The van der Waals surface area contributed by atoms with Crippen LogP contribution in [0.3, 0.4) is 0 Å². The third-order valence-electron chi connectivity index (χ3n) is 3.09. The van der Waals surface area contributed by atoms with E-state index in [1.54, 1.807) is 18.8 Å². The Morgan fingerprint density at radius 1 is 1.55 bits per heavy atom. The van der Waals surface area contributed by atoms with Crippen LogP contribution in [0.2, 0.25) is 0 Å². The van der Waals surface area contributed by atoms with E-state index < -0.39 is 0 Å². The minimum absolute atomic E-state index is 0.0159. The topological polar surface area (TPSA) is 41.6 Å². The molecule has 2 amide bonds. The van der Waals surface area contributed by atoms with Crippen LogP contribution in [0.5, 0.6) is 5.75 Å². The molecule has 1 atom stereocenters. The van der Waals surface area contributed by atoms with Gasteiger partial charge in [0.2, 0.25) is 0 Å². The second-order valence-corrected chi connectivity index (χ2v) is 5.97. The van der Waals surface area contributed by atoms with Gasteiger partial charge in [-0.1, -0.05) is 18.2 Å². The molecule has 1 saturated heterocycles. The van der Waals surface area contributed by atoms with Gasteiger partial charge in [-0.25, -0.2) is 4.79 Å². The molecule has 0 saturated carbocycles. The number of alkyl halides is 1. The monoisotopic (exact) mass is 314 g/mol. The molecule has 0 bridgehead atoms. The van der Waals surface area contributed by atoms with E-state index >= 15 is 0 Å². The molecule has 110 valence electrons. The highest BCUT2D eigenvalue weighted by atomic mass is 35.5. The summed E-state index contributed by atoms with van der Waals surface area (Å²) in [6.45, 7) is 1.35. The SMILES string of the molecule is CNC(=O)N1CCSC1c1ccccc1OCCCCl. The third kappa shape index (κ3) is 3.52. The molecule has 0 spiro atoms. The molecule has 1 fully saturated rings. The first-order valence-electron chi connectivity index (χ1n) is 6.65. The lowest BCUT2D eigenvalue weighted by molar-refractivity contribution is 0.201. The summed E-state index contributed by atoms with van der Waals surface area (Å²) in [5, 5.41) is 2.71. The number of carbonyl (C=O) groups is 1. The van der Waals surface area contributed by atoms with Gasteiger partial charge in [0.15, 0.2) is 0 Å². The molecule has 1 heterocycles. The quantitative estimate of drug-likeness (QED) is 0.671. The van der Waals surface area contributed by atoms with Crippen molar-refractivity contribution in [1.82, 2.24) is 10.2 Å². The predicted octanol–water partition coefficient (Wildman–Crippen LogP) is 3.08. The summed E-state index contributed by atoms with van der Waals surface area (Å²) >= 11 is 7.43. The molecule has 6 heteroatoms. The average Bonchev–Trinajstić information content (AvgIpc) is 2.96. The number of hydrogen-bond donors (Lipinski definition) is 1. The number of amides is 2. The van der Waals surface area contributed by atoms with Gasteiger partial charge in [-0.15, -0.1) is 23.4 Å². The number of urea groups is 1. The van der Waals surface area contributed by atoms with Crippen LogP contribution in [0, 0.1) is 0 Å². The van der Waals surface area contributed by atoms with Gasteiger partial charge < -0.3 is 15.0 Å². The number of para-hydroxylation sites is 1. The largest absolute Gasteiger partial charge is 0.493 e. The molecule has 2 rings (SSSR count). The Morgan fingerprint density at radius 2 is 2.35 bits per heavy atom. The zero-order chi connectivity index (χ0) is 14.4. The van der Waals surface area contributed by atoms with E-state index in [2.05, 4.69) is 5.32 Å². The Kier molecular flexibility index (Phi) is 5.86. The fourth-order valence-electron chi connectivity index (χ4n) is 2.13. The highest BCUT2D eigenvalue weighted by molar-refractivity contribution is 7.99. The van der Waals surface area contributed by atoms with Crippen molar-refractivity contribution in [1.29, 1.82) is 0 Å². The number of nitrogens with one attached hydrogen (secondary N) is 1. The molecule has 1 unspecified atom stereocenters. The normalized spacial score (nSPS) is 18.1. The van der Waals surface area contributed by atoms with Gasteiger partial charge in [-0.05, 0) is 12.5 Å². The van der Waals surface area contributed by atoms with E-state index in [0.717, 1.165) is 30.0 Å². The van der Waals surface area contributed by atoms with Crippen molar-refractivity contribution in [3.63, 3.8) is 0 Å². The van der Waals surface area contributed by atoms with Crippen molar-refractivity contribution >= 4 is 29.4 Å². The molecule has 0 radical (unpaired) electrons. The zero-order valence-electron chi connectivity index (χ0n) is 11.5. The summed E-state index contributed by atoms with van der Waals surface area (Å²) in [5.41, 5.74) is 1.05. The van der Waals surface area contributed by atoms with Crippen LogP contribution in [0.4, 0.5) is 4.79 Å². The van der Waals surface area contributed by atoms with E-state index in [-0.39, 0.29) is 11.4 Å². The van der Waals surface area contributed by atoms with Crippen molar-refractivity contribution in [2.24, 2.45) is 0 Å². The molecular formula is C14H19ClN2O2S. The molecule has 20 heavy (non-hydrogen) atoms. The van der Waals surface area contributed by atoms with Gasteiger partial charge in [0.1, 0.15) is 11.1 Å². The second kappa shape index (κ2) is 7.64. The highest BCUT2D eigenvalue weighted by Gasteiger charge is 2.31. The number of benzene rings is 1. The maximum absolute atomic E-state index is 11.9. The first-order valence-corrected chi connectivity index (χ1v) is 8.24. The molecule has 1 aromatic rings. The summed E-state index contributed by atoms with van der Waals surface area (Å²) in [5.74, 6) is 2.37. The summed E-state index contributed by atoms with van der Waals surface area (Å²) in [6.07, 6.45) is 0.812. The average molecular weight is 315 g/mol. The van der Waals surface area contributed by atoms with E-state index in [1.165, 1.54) is 0 Å². The summed E-state index contributed by atoms with van der Waals surface area (Å²) < 4.78 is 5.80. The van der Waals surface area contributed by atoms with E-state index in [9.17, 15) is 4.79 Å². The first-order chi connectivity index (χ1) is 9.77. The van der Waals surface area contributed by atoms with Crippen LogP contribution in [-0.4, -0.2) is 42.8 Å². The van der Waals surface area contributed by atoms with E-state index in [4.69, 9.17) is 16.3 Å². The lowest BCUT2D eigenvalue weighted by Gasteiger charge is -2.25. The lowest BCUT2D eigenvalue weighted by atomic mass is 10.2. The van der Waals surface area contributed by atoms with Crippen LogP contribution >= 0.6 is 23.4 Å². The molecule has 4 nitrogen and oxygen atoms in total. The van der Waals surface area contributed by atoms with Crippen LogP contribution < -0.4 is 10.1 Å². The lowest BCUT2D eigenvalue weighted by Crippen LogP contribution is -2.37. The van der Waals surface area contributed by atoms with Crippen molar-refractivity contribution in [3.05, 3.63) is 29.8 Å². The Labute approximate surface area is 128 Å². The molecular weight excluding hydrogens is 296 g/mol. The van der Waals surface area contributed by atoms with Crippen molar-refractivity contribution in [2.45, 2.75) is 11.8 Å². The number of hydrogen-bond acceptors (Lipinski definition) is 3. The minimum atomic E-state index is -0.0458. The number of rotatable bonds is 5. The maximum atomic E-state index is 11.9. The summed E-state index contributed by atoms with van der Waals surface area (Å²) in [7, 11) is 1.66. The summed E-state index contributed by atoms with van der Waals surface area (Å²) in [6, 6.07) is 7.85. The minimum Gasteiger partial charge on any atom is -0.493 e. The predicted molar refractivity (Wildman–Crippen MR) is 83.6 cm³/mol. The third-order valence-corrected chi connectivity index (χ3v) is 4.60. The van der Waals surface area contributed by atoms with Gasteiger partial charge in [-0.3, -0.25) is 0 Å². The number of thioether (sulfide) groups is 1. The fraction of sp³-hybridized carbons (Fsp3) is 0.500. The molecule has 1 aromatic carbocycles. The highest BCUT2D eigenvalue weighted by Crippen LogP contribution is 2.41. The molecule has 0 aliphatic carbocycles. The van der Waals surface area contributed by atoms with Gasteiger partial charge in [0.05, 0.1) is 6.61 Å². The molecule has 0 aromatic heterocycles. The number of halogens is 1. The Bertz CT molecular complexity index is 459. The number of ether oxygens (including phenoxy) is 1. The van der Waals surface area contributed by atoms with Gasteiger partial charge in [-0.2, -0.15) is 0 Å². The van der Waals surface area contributed by atoms with Crippen LogP contribution in [-0.2, 0) is 0 Å². The van der Waals surface area contributed by atoms with Crippen LogP contribution in [0.1, 0.15) is 17.4 Å². The van der Waals surface area contributed by atoms with Crippen molar-refractivity contribution < 1.29 is 9.53 Å². The van der Waals surface area contributed by atoms with Gasteiger partial charge in [0, 0.05) is 30.8 Å². The molecule has 1 N–H and O–H groups in total. The van der Waals surface area contributed by atoms with Crippen molar-refractivity contribution in [2.75, 3.05) is 31.8 Å². The number of nitrogens with zero attached hydrogens (tertiary/aromatic N) is 1. The Balaban J connectivity index is 2.16. The van der Waals surface area contributed by atoms with Crippen molar-refractivity contribution in [3.8, 4) is 5.75 Å². The van der Waals surface area contributed by atoms with Gasteiger partial charge >= 0.3 is 6.03 Å². The van der Waals surface area contributed by atoms with Crippen LogP contribution in [0.15, 0.2) is 24.3 Å². The Hall–Kier alpha value is -1.07. The smallest absolute Gasteiger partial charge is 0.318 e. The zero-order valence-corrected chi connectivity index (χ0v) is 13.0. The van der Waals surface area contributed by atoms with Gasteiger partial charge in [0.25, 0.3) is 0 Å². The molecule has 1 aliphatic rings. The second-order valence-electron chi connectivity index (χ2n) is 4.40. The Morgan fingerprint density at radius 3 is 3.10 bits per heavy atom. The van der Waals surface area contributed by atoms with E-state index in [0.29, 0.717) is 12.5 Å². The molecule has 1 aliphatic heterocycles. The number of carbonyl (C=O) groups excluding carboxylic acids is 1. The maximum Gasteiger partial charge on any atom is 0.318 e. The van der Waals surface area contributed by atoms with Crippen LogP contribution in [0.25, 0.3) is 0 Å². The standard InChI is InChI=1S/C14H19ClN2O2S/c1-16-14(18)17-8-10-20-13(17)11-5-2-3-6-12(11)19-9-4-7-15/h2-3,5-6,13H,4,7-10H2,1H3,(H,16,18). The fourth-order valence-corrected chi connectivity index (χ4v) is 3.52. The van der Waals surface area contributed by atoms with E-state index in [1.807, 2.05) is 29.2 Å². The first kappa shape index (κ1) is 15.3. The summed E-state index contributed by atoms with van der Waals surface area (Å²) in [4.78, 5) is 13.8.